The minimum absolute atomic E-state index is 0.000777. The molecule has 0 amide bonds. The number of unbranched alkanes of at least 4 members (excludes halogenated alkanes) is 31. The van der Waals surface area contributed by atoms with E-state index in [-0.39, 0.29) is 19.3 Å². The molecule has 0 aliphatic rings. The number of carbonyl (C=O) groups is 2. The monoisotopic (exact) mass is 869 g/mol. The van der Waals surface area contributed by atoms with Gasteiger partial charge in [0.25, 0.3) is 0 Å². The van der Waals surface area contributed by atoms with Gasteiger partial charge in [-0.25, -0.2) is 0 Å². The summed E-state index contributed by atoms with van der Waals surface area (Å²) in [5.41, 5.74) is -4.74. The van der Waals surface area contributed by atoms with E-state index >= 15 is 0 Å². The number of Topliss-reactive ketones (excluding diaryl/α,β-unsaturated/α-hetero) is 2. The Morgan fingerprint density at radius 2 is 0.597 bits per heavy atom. The first-order valence-corrected chi connectivity index (χ1v) is 27.1. The minimum Gasteiger partial charge on any atom is -0.393 e. The van der Waals surface area contributed by atoms with Gasteiger partial charge in [0, 0.05) is 12.8 Å². The zero-order valence-corrected chi connectivity index (χ0v) is 41.5. The molecular formula is C57H104O5. The van der Waals surface area contributed by atoms with Gasteiger partial charge in [-0.3, -0.25) is 9.59 Å². The van der Waals surface area contributed by atoms with Crippen LogP contribution in [-0.2, 0) is 9.59 Å². The Morgan fingerprint density at radius 1 is 0.339 bits per heavy atom. The van der Waals surface area contributed by atoms with Crippen LogP contribution >= 0.6 is 0 Å². The number of aliphatic hydroxyl groups excluding tert-OH is 1. The minimum atomic E-state index is -2.47. The number of hydrogen-bond acceptors (Lipinski definition) is 5. The Balaban J connectivity index is 4.86. The molecule has 62 heavy (non-hydrogen) atoms. The van der Waals surface area contributed by atoms with Gasteiger partial charge in [-0.1, -0.05) is 211 Å². The summed E-state index contributed by atoms with van der Waals surface area (Å²) < 4.78 is 0. The molecule has 3 N–H and O–H groups in total. The fourth-order valence-electron chi connectivity index (χ4n) is 8.52. The number of aliphatic hydroxyl groups is 3. The highest BCUT2D eigenvalue weighted by atomic mass is 16.4. The van der Waals surface area contributed by atoms with E-state index in [1.807, 2.05) is 0 Å². The molecule has 0 bridgehead atoms. The largest absolute Gasteiger partial charge is 0.393 e. The van der Waals surface area contributed by atoms with Crippen LogP contribution in [0.4, 0.5) is 0 Å². The number of allylic oxidation sites excluding steroid dienone is 8. The van der Waals surface area contributed by atoms with E-state index < -0.39 is 29.4 Å². The molecule has 0 aromatic carbocycles. The first-order valence-electron chi connectivity index (χ1n) is 27.1. The molecule has 0 radical (unpaired) electrons. The van der Waals surface area contributed by atoms with Gasteiger partial charge in [-0.05, 0) is 109 Å². The summed E-state index contributed by atoms with van der Waals surface area (Å²) >= 11 is 0. The Bertz CT molecular complexity index is 1110. The lowest BCUT2D eigenvalue weighted by atomic mass is 9.71. The summed E-state index contributed by atoms with van der Waals surface area (Å²) in [6.07, 6.45) is 61.1. The molecule has 0 aliphatic heterocycles. The maximum Gasteiger partial charge on any atom is 0.181 e. The van der Waals surface area contributed by atoms with Gasteiger partial charge in [0.1, 0.15) is 0 Å². The summed E-state index contributed by atoms with van der Waals surface area (Å²) in [5, 5.41) is 34.3. The van der Waals surface area contributed by atoms with Crippen molar-refractivity contribution in [1.29, 1.82) is 0 Å². The Hall–Kier alpha value is -1.82. The van der Waals surface area contributed by atoms with E-state index in [4.69, 9.17) is 0 Å². The lowest BCUT2D eigenvalue weighted by Crippen LogP contribution is -2.65. The summed E-state index contributed by atoms with van der Waals surface area (Å²) in [5.74, 6) is -1.09. The maximum absolute atomic E-state index is 13.8. The zero-order valence-electron chi connectivity index (χ0n) is 41.5. The topological polar surface area (TPSA) is 94.8 Å². The molecule has 0 aromatic rings. The molecule has 0 aromatic heterocycles. The molecule has 362 valence electrons. The van der Waals surface area contributed by atoms with Gasteiger partial charge in [0.05, 0.1) is 6.61 Å². The normalized spacial score (nSPS) is 14.2. The van der Waals surface area contributed by atoms with Gasteiger partial charge in [0.2, 0.25) is 0 Å². The van der Waals surface area contributed by atoms with E-state index in [0.717, 1.165) is 109 Å². The van der Waals surface area contributed by atoms with E-state index in [0.29, 0.717) is 19.3 Å². The van der Waals surface area contributed by atoms with Crippen molar-refractivity contribution in [3.63, 3.8) is 0 Å². The molecular weight excluding hydrogens is 765 g/mol. The Kier molecular flexibility index (Phi) is 44.4. The van der Waals surface area contributed by atoms with Crippen LogP contribution in [0.15, 0.2) is 48.6 Å². The molecule has 2 unspecified atom stereocenters. The van der Waals surface area contributed by atoms with Gasteiger partial charge >= 0.3 is 0 Å². The summed E-state index contributed by atoms with van der Waals surface area (Å²) in [6, 6.07) is 0. The average Bonchev–Trinajstić information content (AvgIpc) is 3.28. The van der Waals surface area contributed by atoms with Crippen LogP contribution in [0.3, 0.4) is 0 Å². The van der Waals surface area contributed by atoms with E-state index in [1.165, 1.54) is 116 Å². The number of hydrogen-bond donors (Lipinski definition) is 3. The average molecular weight is 869 g/mol. The van der Waals surface area contributed by atoms with Crippen molar-refractivity contribution in [3.8, 4) is 0 Å². The van der Waals surface area contributed by atoms with Crippen molar-refractivity contribution in [2.24, 2.45) is 0 Å². The standard InChI is InChI=1S/C57H104O5/c1-4-7-10-13-16-19-22-25-28-31-34-37-40-43-46-49-52-56(61,54(59)50-47-44-41-38-35-32-29-26-23-20-17-14-11-8-5-2)57(62,53-58)55(60)51-48-45-42-39-36-33-30-27-24-21-18-15-12-9-6-3/h16,19,25-30,58,61-62H,4-15,17-18,20-24,31-53H2,1-3H3. The van der Waals surface area contributed by atoms with Crippen molar-refractivity contribution >= 4 is 11.6 Å². The second-order valence-electron chi connectivity index (χ2n) is 18.7. The van der Waals surface area contributed by atoms with Crippen LogP contribution in [0.1, 0.15) is 284 Å². The van der Waals surface area contributed by atoms with Gasteiger partial charge in [-0.15, -0.1) is 0 Å². The first-order chi connectivity index (χ1) is 30.3. The fraction of sp³-hybridized carbons (Fsp3) is 0.825. The Morgan fingerprint density at radius 3 is 0.952 bits per heavy atom. The van der Waals surface area contributed by atoms with Crippen LogP contribution in [0, 0.1) is 0 Å². The van der Waals surface area contributed by atoms with Gasteiger partial charge in [-0.2, -0.15) is 0 Å². The lowest BCUT2D eigenvalue weighted by molar-refractivity contribution is -0.192. The van der Waals surface area contributed by atoms with Crippen molar-refractivity contribution in [2.75, 3.05) is 6.61 Å². The molecule has 0 saturated carbocycles. The van der Waals surface area contributed by atoms with Crippen LogP contribution in [-0.4, -0.2) is 44.7 Å². The number of rotatable bonds is 49. The second kappa shape index (κ2) is 45.7. The van der Waals surface area contributed by atoms with Crippen LogP contribution < -0.4 is 0 Å². The van der Waals surface area contributed by atoms with E-state index in [9.17, 15) is 24.9 Å². The first kappa shape index (κ1) is 60.2. The third kappa shape index (κ3) is 33.7. The van der Waals surface area contributed by atoms with Gasteiger partial charge < -0.3 is 15.3 Å². The van der Waals surface area contributed by atoms with Crippen molar-refractivity contribution in [3.05, 3.63) is 48.6 Å². The van der Waals surface area contributed by atoms with Crippen LogP contribution in [0.5, 0.6) is 0 Å². The molecule has 0 rings (SSSR count). The second-order valence-corrected chi connectivity index (χ2v) is 18.7. The fourth-order valence-corrected chi connectivity index (χ4v) is 8.52. The van der Waals surface area contributed by atoms with Gasteiger partial charge in [0.15, 0.2) is 22.8 Å². The quantitative estimate of drug-likeness (QED) is 0.0418. The van der Waals surface area contributed by atoms with E-state index in [1.54, 1.807) is 0 Å². The molecule has 0 heterocycles. The summed E-state index contributed by atoms with van der Waals surface area (Å²) in [7, 11) is 0. The highest BCUT2D eigenvalue weighted by molar-refractivity contribution is 5.99. The SMILES string of the molecule is CCCCCC=CCC=CCCCCCCCCC(O)(C(=O)CCCCCCCC=CCCCCCCCC)C(O)(CO)C(=O)CCCCCCCC=CCCCCCCCC. The molecule has 2 atom stereocenters. The highest BCUT2D eigenvalue weighted by Gasteiger charge is 2.57. The van der Waals surface area contributed by atoms with Crippen molar-refractivity contribution < 1.29 is 24.9 Å². The summed E-state index contributed by atoms with van der Waals surface area (Å²) in [4.78, 5) is 27.4. The third-order valence-corrected chi connectivity index (χ3v) is 12.9. The molecule has 0 fully saturated rings. The van der Waals surface area contributed by atoms with Crippen LogP contribution in [0.2, 0.25) is 0 Å². The predicted octanol–water partition coefficient (Wildman–Crippen LogP) is 16.9. The van der Waals surface area contributed by atoms with Crippen LogP contribution in [0.25, 0.3) is 0 Å². The third-order valence-electron chi connectivity index (χ3n) is 12.9. The molecule has 5 heteroatoms. The molecule has 0 saturated heterocycles. The number of carbonyl (C=O) groups excluding carboxylic acids is 2. The zero-order chi connectivity index (χ0) is 45.5. The lowest BCUT2D eigenvalue weighted by Gasteiger charge is -2.40. The van der Waals surface area contributed by atoms with Crippen molar-refractivity contribution in [1.82, 2.24) is 0 Å². The predicted molar refractivity (Wildman–Crippen MR) is 270 cm³/mol. The summed E-state index contributed by atoms with van der Waals surface area (Å²) in [6.45, 7) is 5.81. The maximum atomic E-state index is 13.8. The van der Waals surface area contributed by atoms with E-state index in [2.05, 4.69) is 69.4 Å². The molecule has 0 aliphatic carbocycles. The number of ketones is 2. The highest BCUT2D eigenvalue weighted by Crippen LogP contribution is 2.34. The Labute approximate surface area is 385 Å². The smallest absolute Gasteiger partial charge is 0.181 e. The van der Waals surface area contributed by atoms with Crippen molar-refractivity contribution in [2.45, 2.75) is 295 Å². The molecule has 5 nitrogen and oxygen atoms in total. The molecule has 0 spiro atoms.